The Kier molecular flexibility index (Phi) is 6.79. The van der Waals surface area contributed by atoms with Gasteiger partial charge in [0.2, 0.25) is 5.91 Å². The van der Waals surface area contributed by atoms with Gasteiger partial charge in [0, 0.05) is 42.5 Å². The lowest BCUT2D eigenvalue weighted by molar-refractivity contribution is -0.115. The fraction of sp³-hybridized carbons (Fsp3) is 0.304. The van der Waals surface area contributed by atoms with Crippen molar-refractivity contribution in [1.29, 1.82) is 0 Å². The van der Waals surface area contributed by atoms with E-state index < -0.39 is 0 Å². The lowest BCUT2D eigenvalue weighted by Gasteiger charge is -2.28. The monoisotopic (exact) mass is 438 g/mol. The molecule has 1 N–H and O–H groups in total. The molecule has 0 radical (unpaired) electrons. The van der Waals surface area contributed by atoms with Crippen LogP contribution in [0.2, 0.25) is 0 Å². The molecule has 1 aliphatic rings. The number of methoxy groups -OCH3 is 1. The van der Waals surface area contributed by atoms with Crippen LogP contribution >= 0.6 is 11.8 Å². The van der Waals surface area contributed by atoms with E-state index in [0.717, 1.165) is 54.3 Å². The molecule has 0 saturated carbocycles. The third-order valence-corrected chi connectivity index (χ3v) is 6.20. The summed E-state index contributed by atoms with van der Waals surface area (Å²) in [6.07, 6.45) is 3.63. The zero-order chi connectivity index (χ0) is 21.6. The van der Waals surface area contributed by atoms with Crippen molar-refractivity contribution in [3.05, 3.63) is 60.9 Å². The maximum absolute atomic E-state index is 12.7. The number of ether oxygens (including phenoxy) is 2. The quantitative estimate of drug-likeness (QED) is 0.566. The van der Waals surface area contributed by atoms with Gasteiger partial charge in [-0.3, -0.25) is 9.36 Å². The van der Waals surface area contributed by atoms with E-state index >= 15 is 0 Å². The summed E-state index contributed by atoms with van der Waals surface area (Å²) in [5.74, 6) is 0.735. The van der Waals surface area contributed by atoms with Gasteiger partial charge in [-0.1, -0.05) is 11.8 Å². The number of aromatic nitrogens is 2. The topological polar surface area (TPSA) is 68.6 Å². The first-order valence-corrected chi connectivity index (χ1v) is 11.1. The van der Waals surface area contributed by atoms with Crippen LogP contribution in [0.4, 0.5) is 11.4 Å². The molecule has 0 aliphatic carbocycles. The van der Waals surface area contributed by atoms with Gasteiger partial charge in [-0.05, 0) is 55.5 Å². The molecular weight excluding hydrogens is 412 g/mol. The molecular formula is C23H26N4O3S. The second kappa shape index (κ2) is 9.89. The highest BCUT2D eigenvalue weighted by Crippen LogP contribution is 2.27. The first-order valence-electron chi connectivity index (χ1n) is 10.2. The van der Waals surface area contributed by atoms with Gasteiger partial charge in [0.05, 0.1) is 25.6 Å². The summed E-state index contributed by atoms with van der Waals surface area (Å²) < 4.78 is 12.6. The van der Waals surface area contributed by atoms with Gasteiger partial charge in [-0.15, -0.1) is 0 Å². The summed E-state index contributed by atoms with van der Waals surface area (Å²) in [5.41, 5.74) is 2.89. The zero-order valence-electron chi connectivity index (χ0n) is 17.7. The Bertz CT molecular complexity index is 998. The van der Waals surface area contributed by atoms with Gasteiger partial charge in [0.1, 0.15) is 5.75 Å². The van der Waals surface area contributed by atoms with Crippen molar-refractivity contribution in [2.75, 3.05) is 43.6 Å². The van der Waals surface area contributed by atoms with Gasteiger partial charge < -0.3 is 19.7 Å². The molecule has 0 unspecified atom stereocenters. The van der Waals surface area contributed by atoms with E-state index in [-0.39, 0.29) is 11.2 Å². The van der Waals surface area contributed by atoms with Crippen molar-refractivity contribution in [1.82, 2.24) is 9.55 Å². The van der Waals surface area contributed by atoms with Crippen molar-refractivity contribution < 1.29 is 14.3 Å². The fourth-order valence-corrected chi connectivity index (χ4v) is 4.23. The summed E-state index contributed by atoms with van der Waals surface area (Å²) in [7, 11) is 1.64. The number of thioether (sulfide) groups is 1. The summed E-state index contributed by atoms with van der Waals surface area (Å²) in [6, 6.07) is 15.7. The molecule has 1 atom stereocenters. The number of morpholine rings is 1. The zero-order valence-corrected chi connectivity index (χ0v) is 18.5. The Hall–Kier alpha value is -2.97. The molecule has 31 heavy (non-hydrogen) atoms. The molecule has 8 heteroatoms. The van der Waals surface area contributed by atoms with Crippen LogP contribution in [0.5, 0.6) is 5.75 Å². The Morgan fingerprint density at radius 3 is 2.45 bits per heavy atom. The molecule has 0 bridgehead atoms. The summed E-state index contributed by atoms with van der Waals surface area (Å²) >= 11 is 1.42. The van der Waals surface area contributed by atoms with Crippen LogP contribution in [0.1, 0.15) is 6.92 Å². The fourth-order valence-electron chi connectivity index (χ4n) is 3.35. The molecule has 2 heterocycles. The van der Waals surface area contributed by atoms with Crippen LogP contribution in [-0.2, 0) is 9.53 Å². The van der Waals surface area contributed by atoms with Gasteiger partial charge in [0.25, 0.3) is 0 Å². The molecule has 2 aromatic carbocycles. The number of carbonyl (C=O) groups excluding carboxylic acids is 1. The molecule has 3 aromatic rings. The molecule has 1 fully saturated rings. The highest BCUT2D eigenvalue weighted by molar-refractivity contribution is 8.00. The van der Waals surface area contributed by atoms with E-state index in [1.165, 1.54) is 11.8 Å². The Morgan fingerprint density at radius 2 is 1.77 bits per heavy atom. The van der Waals surface area contributed by atoms with Gasteiger partial charge in [-0.25, -0.2) is 4.98 Å². The smallest absolute Gasteiger partial charge is 0.237 e. The number of benzene rings is 2. The van der Waals surface area contributed by atoms with Crippen LogP contribution in [-0.4, -0.2) is 54.1 Å². The number of rotatable bonds is 7. The number of hydrogen-bond acceptors (Lipinski definition) is 6. The lowest BCUT2D eigenvalue weighted by atomic mass is 10.2. The van der Waals surface area contributed by atoms with Crippen LogP contribution in [0.3, 0.4) is 0 Å². The number of amides is 1. The van der Waals surface area contributed by atoms with Crippen LogP contribution in [0, 0.1) is 0 Å². The van der Waals surface area contributed by atoms with Gasteiger partial charge >= 0.3 is 0 Å². The second-order valence-corrected chi connectivity index (χ2v) is 8.48. The van der Waals surface area contributed by atoms with E-state index in [2.05, 4.69) is 15.2 Å². The Balaban J connectivity index is 1.37. The standard InChI is InChI=1S/C23H26N4O3S/c1-17(31-23-24-11-12-27(23)20-7-9-21(29-2)10-8-20)22(28)25-18-3-5-19(6-4-18)26-13-15-30-16-14-26/h3-12,17H,13-16H2,1-2H3,(H,25,28)/t17-/m1/s1. The van der Waals surface area contributed by atoms with E-state index in [4.69, 9.17) is 9.47 Å². The van der Waals surface area contributed by atoms with E-state index in [1.54, 1.807) is 13.3 Å². The van der Waals surface area contributed by atoms with Crippen LogP contribution < -0.4 is 15.0 Å². The minimum absolute atomic E-state index is 0.0617. The minimum Gasteiger partial charge on any atom is -0.497 e. The van der Waals surface area contributed by atoms with Crippen molar-refractivity contribution in [3.63, 3.8) is 0 Å². The van der Waals surface area contributed by atoms with Crippen molar-refractivity contribution in [2.24, 2.45) is 0 Å². The number of imidazole rings is 1. The Morgan fingerprint density at radius 1 is 1.10 bits per heavy atom. The normalized spacial score (nSPS) is 14.8. The molecule has 162 valence electrons. The number of nitrogens with one attached hydrogen (secondary N) is 1. The molecule has 7 nitrogen and oxygen atoms in total. The van der Waals surface area contributed by atoms with Crippen molar-refractivity contribution >= 4 is 29.0 Å². The first-order chi connectivity index (χ1) is 15.1. The third-order valence-electron chi connectivity index (χ3n) is 5.12. The second-order valence-electron chi connectivity index (χ2n) is 7.17. The number of anilines is 2. The van der Waals surface area contributed by atoms with Crippen LogP contribution in [0.15, 0.2) is 66.1 Å². The average molecular weight is 439 g/mol. The number of hydrogen-bond donors (Lipinski definition) is 1. The molecule has 0 spiro atoms. The van der Waals surface area contributed by atoms with E-state index in [1.807, 2.05) is 66.2 Å². The number of nitrogens with zero attached hydrogens (tertiary/aromatic N) is 3. The van der Waals surface area contributed by atoms with E-state index in [0.29, 0.717) is 0 Å². The van der Waals surface area contributed by atoms with Crippen molar-refractivity contribution in [2.45, 2.75) is 17.3 Å². The highest BCUT2D eigenvalue weighted by atomic mass is 32.2. The molecule has 1 saturated heterocycles. The van der Waals surface area contributed by atoms with Crippen LogP contribution in [0.25, 0.3) is 5.69 Å². The predicted molar refractivity (Wildman–Crippen MR) is 124 cm³/mol. The largest absolute Gasteiger partial charge is 0.497 e. The average Bonchev–Trinajstić information content (AvgIpc) is 3.28. The predicted octanol–water partition coefficient (Wildman–Crippen LogP) is 3.84. The first kappa shape index (κ1) is 21.3. The number of carbonyl (C=O) groups is 1. The molecule has 4 rings (SSSR count). The molecule has 1 amide bonds. The van der Waals surface area contributed by atoms with Crippen molar-refractivity contribution in [3.8, 4) is 11.4 Å². The SMILES string of the molecule is COc1ccc(-n2ccnc2S[C@H](C)C(=O)Nc2ccc(N3CCOCC3)cc2)cc1. The third kappa shape index (κ3) is 5.21. The Labute approximate surface area is 186 Å². The molecule has 1 aromatic heterocycles. The maximum Gasteiger partial charge on any atom is 0.237 e. The molecule has 1 aliphatic heterocycles. The minimum atomic E-state index is -0.307. The maximum atomic E-state index is 12.7. The van der Waals surface area contributed by atoms with Gasteiger partial charge in [-0.2, -0.15) is 0 Å². The highest BCUT2D eigenvalue weighted by Gasteiger charge is 2.18. The summed E-state index contributed by atoms with van der Waals surface area (Å²) in [4.78, 5) is 19.5. The lowest BCUT2D eigenvalue weighted by Crippen LogP contribution is -2.36. The summed E-state index contributed by atoms with van der Waals surface area (Å²) in [5, 5.41) is 3.45. The van der Waals surface area contributed by atoms with Gasteiger partial charge in [0.15, 0.2) is 5.16 Å². The summed E-state index contributed by atoms with van der Waals surface area (Å²) in [6.45, 7) is 5.16. The van der Waals surface area contributed by atoms with E-state index in [9.17, 15) is 4.79 Å².